The summed E-state index contributed by atoms with van der Waals surface area (Å²) in [5.41, 5.74) is 1.30. The second kappa shape index (κ2) is 12.1. The van der Waals surface area contributed by atoms with Gasteiger partial charge >= 0.3 is 0 Å². The van der Waals surface area contributed by atoms with E-state index in [-0.39, 0.29) is 34.6 Å². The molecule has 1 aromatic rings. The first kappa shape index (κ1) is 31.9. The molecule has 0 aliphatic carbocycles. The van der Waals surface area contributed by atoms with Gasteiger partial charge in [-0.15, -0.1) is 0 Å². The summed E-state index contributed by atoms with van der Waals surface area (Å²) in [5.74, 6) is 0. The van der Waals surface area contributed by atoms with Crippen LogP contribution in [0.5, 0.6) is 0 Å². The van der Waals surface area contributed by atoms with Gasteiger partial charge in [-0.2, -0.15) is 0 Å². The minimum atomic E-state index is -2.21. The van der Waals surface area contributed by atoms with Gasteiger partial charge in [0.2, 0.25) is 0 Å². The molecule has 0 radical (unpaired) electrons. The number of aliphatic hydroxyl groups is 1. The molecule has 1 N–H and O–H groups in total. The lowest BCUT2D eigenvalue weighted by molar-refractivity contribution is -0.0799. The van der Waals surface area contributed by atoms with Crippen LogP contribution in [0.2, 0.25) is 36.3 Å². The minimum Gasteiger partial charge on any atom is -0.410 e. The Labute approximate surface area is 234 Å². The summed E-state index contributed by atoms with van der Waals surface area (Å²) in [6.45, 7) is 27.2. The van der Waals surface area contributed by atoms with Crippen LogP contribution in [0.3, 0.4) is 0 Å². The number of ether oxygens (including phenoxy) is 2. The largest absolute Gasteiger partial charge is 0.410 e. The van der Waals surface area contributed by atoms with E-state index in [0.29, 0.717) is 26.1 Å². The molecule has 2 saturated heterocycles. The molecule has 2 aliphatic heterocycles. The van der Waals surface area contributed by atoms with Crippen LogP contribution in [0.4, 0.5) is 0 Å². The molecule has 2 aliphatic rings. The van der Waals surface area contributed by atoms with Crippen molar-refractivity contribution in [3.05, 3.63) is 35.9 Å². The van der Waals surface area contributed by atoms with E-state index in [1.165, 1.54) is 5.56 Å². The van der Waals surface area contributed by atoms with E-state index >= 15 is 0 Å². The highest BCUT2D eigenvalue weighted by Gasteiger charge is 2.54. The van der Waals surface area contributed by atoms with Gasteiger partial charge in [0.05, 0.1) is 37.6 Å². The van der Waals surface area contributed by atoms with Crippen LogP contribution >= 0.6 is 0 Å². The quantitative estimate of drug-likeness (QED) is 0.224. The smallest absolute Gasteiger partial charge is 0.192 e. The van der Waals surface area contributed by atoms with Crippen molar-refractivity contribution < 1.29 is 23.4 Å². The molecule has 0 saturated carbocycles. The third kappa shape index (κ3) is 7.78. The highest BCUT2D eigenvalue weighted by Crippen LogP contribution is 2.45. The Morgan fingerprint density at radius 1 is 0.921 bits per heavy atom. The molecule has 218 valence electrons. The fourth-order valence-corrected chi connectivity index (χ4v) is 7.29. The van der Waals surface area contributed by atoms with Crippen LogP contribution in [-0.2, 0) is 18.3 Å². The monoisotopic (exact) mass is 565 g/mol. The van der Waals surface area contributed by atoms with Crippen LogP contribution < -0.4 is 0 Å². The Balaban J connectivity index is 1.93. The Bertz CT molecular complexity index is 877. The Morgan fingerprint density at radius 2 is 1.45 bits per heavy atom. The summed E-state index contributed by atoms with van der Waals surface area (Å²) in [6.07, 6.45) is -0.321. The van der Waals surface area contributed by atoms with Gasteiger partial charge in [0.1, 0.15) is 0 Å². The molecule has 2 fully saturated rings. The second-order valence-electron chi connectivity index (χ2n) is 14.4. The third-order valence-corrected chi connectivity index (χ3v) is 18.4. The summed E-state index contributed by atoms with van der Waals surface area (Å²) in [4.78, 5) is 2.51. The average molecular weight is 566 g/mol. The van der Waals surface area contributed by atoms with Crippen molar-refractivity contribution in [1.29, 1.82) is 0 Å². The van der Waals surface area contributed by atoms with Crippen molar-refractivity contribution >= 4 is 16.6 Å². The van der Waals surface area contributed by atoms with Crippen molar-refractivity contribution in [2.24, 2.45) is 0 Å². The van der Waals surface area contributed by atoms with E-state index < -0.39 is 28.8 Å². The highest BCUT2D eigenvalue weighted by atomic mass is 28.4. The van der Waals surface area contributed by atoms with Crippen LogP contribution in [0.25, 0.3) is 0 Å². The number of nitrogens with zero attached hydrogens (tertiary/aromatic N) is 1. The normalized spacial score (nSPS) is 24.7. The molecular formula is C30H55NO5Si2. The molecule has 0 spiro atoms. The number of aliphatic hydroxyl groups excluding tert-OH is 1. The maximum atomic E-state index is 11.8. The zero-order valence-corrected chi connectivity index (χ0v) is 27.9. The number of rotatable bonds is 12. The Kier molecular flexibility index (Phi) is 10.2. The molecule has 3 rings (SSSR count). The molecule has 2 heterocycles. The molecule has 0 aromatic heterocycles. The fraction of sp³-hybridized carbons (Fsp3) is 0.800. The SMILES string of the molecule is C[C@H](c1ccccc1)N1C[C@H]1[C@@H](O[Si](C)(C)C(C)(C)C)[C@@H](O[Si](C)(C)C(C)(C)C)[C@H](O)CCC1OCCO1. The summed E-state index contributed by atoms with van der Waals surface area (Å²) < 4.78 is 25.7. The first-order valence-electron chi connectivity index (χ1n) is 14.5. The van der Waals surface area contributed by atoms with E-state index in [0.717, 1.165) is 6.54 Å². The van der Waals surface area contributed by atoms with Crippen molar-refractivity contribution in [1.82, 2.24) is 4.90 Å². The lowest BCUT2D eigenvalue weighted by Crippen LogP contribution is -2.57. The summed E-state index contributed by atoms with van der Waals surface area (Å²) in [5, 5.41) is 11.9. The lowest BCUT2D eigenvalue weighted by atomic mass is 10.0. The fourth-order valence-electron chi connectivity index (χ4n) is 4.64. The molecule has 38 heavy (non-hydrogen) atoms. The Morgan fingerprint density at radius 3 is 1.97 bits per heavy atom. The number of hydrogen-bond acceptors (Lipinski definition) is 6. The lowest BCUT2D eigenvalue weighted by Gasteiger charge is -2.46. The van der Waals surface area contributed by atoms with E-state index in [9.17, 15) is 5.11 Å². The van der Waals surface area contributed by atoms with E-state index in [1.807, 2.05) is 0 Å². The highest BCUT2D eigenvalue weighted by molar-refractivity contribution is 6.74. The summed E-state index contributed by atoms with van der Waals surface area (Å²) >= 11 is 0. The topological polar surface area (TPSA) is 60.2 Å². The van der Waals surface area contributed by atoms with Crippen LogP contribution in [0.1, 0.15) is 72.9 Å². The van der Waals surface area contributed by atoms with Gasteiger partial charge in [-0.3, -0.25) is 4.90 Å². The summed E-state index contributed by atoms with van der Waals surface area (Å²) in [7, 11) is -4.38. The molecule has 8 heteroatoms. The van der Waals surface area contributed by atoms with Gasteiger partial charge < -0.3 is 23.4 Å². The van der Waals surface area contributed by atoms with Gasteiger partial charge in [0.15, 0.2) is 22.9 Å². The predicted octanol–water partition coefficient (Wildman–Crippen LogP) is 6.73. The molecule has 6 atom stereocenters. The van der Waals surface area contributed by atoms with Crippen LogP contribution in [0, 0.1) is 0 Å². The standard InChI is InChI=1S/C30H55NO5Si2/c1-22(23-15-13-12-14-16-23)31-21-24(31)27(35-37(8,9)29(2,3)4)28(36-38(10,11)30(5,6)7)25(32)17-18-26-33-19-20-34-26/h12-16,22,24-28,32H,17-21H2,1-11H3/t22-,24+,25-,27-,28+,31?/m1/s1. The van der Waals surface area contributed by atoms with Gasteiger partial charge in [-0.25, -0.2) is 0 Å². The van der Waals surface area contributed by atoms with E-state index in [1.54, 1.807) is 0 Å². The van der Waals surface area contributed by atoms with Gasteiger partial charge in [0, 0.05) is 19.0 Å². The maximum Gasteiger partial charge on any atom is 0.192 e. The zero-order chi connectivity index (χ0) is 28.5. The molecule has 1 aromatic carbocycles. The van der Waals surface area contributed by atoms with Crippen LogP contribution in [-0.4, -0.2) is 77.0 Å². The first-order valence-corrected chi connectivity index (χ1v) is 20.3. The molecule has 6 nitrogen and oxygen atoms in total. The van der Waals surface area contributed by atoms with Gasteiger partial charge in [0.25, 0.3) is 0 Å². The van der Waals surface area contributed by atoms with E-state index in [4.69, 9.17) is 18.3 Å². The summed E-state index contributed by atoms with van der Waals surface area (Å²) in [6, 6.07) is 11.1. The predicted molar refractivity (Wildman–Crippen MR) is 160 cm³/mol. The molecule has 0 bridgehead atoms. The van der Waals surface area contributed by atoms with E-state index in [2.05, 4.69) is 110 Å². The molecule has 1 unspecified atom stereocenters. The molecular weight excluding hydrogens is 511 g/mol. The van der Waals surface area contributed by atoms with Crippen LogP contribution in [0.15, 0.2) is 30.3 Å². The Hall–Kier alpha value is -0.586. The number of benzene rings is 1. The maximum absolute atomic E-state index is 11.8. The third-order valence-electron chi connectivity index (χ3n) is 9.41. The van der Waals surface area contributed by atoms with Crippen molar-refractivity contribution in [2.75, 3.05) is 19.8 Å². The van der Waals surface area contributed by atoms with Gasteiger partial charge in [-0.05, 0) is 55.2 Å². The zero-order valence-electron chi connectivity index (χ0n) is 25.9. The number of hydrogen-bond donors (Lipinski definition) is 1. The second-order valence-corrected chi connectivity index (χ2v) is 23.9. The molecule has 0 amide bonds. The van der Waals surface area contributed by atoms with Crippen molar-refractivity contribution in [3.63, 3.8) is 0 Å². The van der Waals surface area contributed by atoms with Gasteiger partial charge in [-0.1, -0.05) is 71.9 Å². The first-order chi connectivity index (χ1) is 17.4. The van der Waals surface area contributed by atoms with Crippen molar-refractivity contribution in [3.8, 4) is 0 Å². The minimum absolute atomic E-state index is 0.0186. The average Bonchev–Trinajstić information content (AvgIpc) is 3.43. The van der Waals surface area contributed by atoms with Crippen molar-refractivity contribution in [2.45, 2.75) is 134 Å².